The number of β-amino-alcohol motifs (C(OH)–C–C–N with tert-alkyl or cyclic N) is 1. The molecular weight excluding hydrogens is 216 g/mol. The molecule has 2 N–H and O–H groups in total. The van der Waals surface area contributed by atoms with Crippen molar-refractivity contribution in [3.05, 3.63) is 0 Å². The summed E-state index contributed by atoms with van der Waals surface area (Å²) in [5.41, 5.74) is 0. The van der Waals surface area contributed by atoms with E-state index in [1.807, 2.05) is 13.8 Å². The van der Waals surface area contributed by atoms with Crippen molar-refractivity contribution in [2.75, 3.05) is 18.8 Å². The highest BCUT2D eigenvalue weighted by atomic mass is 32.2. The molecule has 86 valence electrons. The first-order valence-corrected chi connectivity index (χ1v) is 5.88. The van der Waals surface area contributed by atoms with Gasteiger partial charge >= 0.3 is 0 Å². The highest BCUT2D eigenvalue weighted by molar-refractivity contribution is 8.14. The number of carbonyl (C=O) groups is 2. The van der Waals surface area contributed by atoms with Crippen LogP contribution in [0.3, 0.4) is 0 Å². The summed E-state index contributed by atoms with van der Waals surface area (Å²) < 4.78 is 0. The summed E-state index contributed by atoms with van der Waals surface area (Å²) in [6.07, 6.45) is -0.695. The van der Waals surface area contributed by atoms with Crippen LogP contribution < -0.4 is 5.32 Å². The highest BCUT2D eigenvalue weighted by Gasteiger charge is 2.31. The maximum absolute atomic E-state index is 11.2. The zero-order chi connectivity index (χ0) is 11.4. The number of thioether (sulfide) groups is 1. The van der Waals surface area contributed by atoms with Crippen LogP contribution in [0, 0.1) is 0 Å². The van der Waals surface area contributed by atoms with Gasteiger partial charge in [0.2, 0.25) is 5.91 Å². The Balaban J connectivity index is 2.33. The van der Waals surface area contributed by atoms with E-state index in [2.05, 4.69) is 5.32 Å². The summed E-state index contributed by atoms with van der Waals surface area (Å²) in [7, 11) is 0. The van der Waals surface area contributed by atoms with Gasteiger partial charge in [0.05, 0.1) is 18.4 Å². The van der Waals surface area contributed by atoms with Gasteiger partial charge in [0.15, 0.2) is 0 Å². The molecule has 0 bridgehead atoms. The number of nitrogens with one attached hydrogen (secondary N) is 1. The molecular formula is C9H16N2O3S. The first-order chi connectivity index (χ1) is 7.00. The van der Waals surface area contributed by atoms with Crippen LogP contribution in [0.5, 0.6) is 0 Å². The molecule has 5 nitrogen and oxygen atoms in total. The minimum atomic E-state index is -0.695. The van der Waals surface area contributed by atoms with Crippen LogP contribution >= 0.6 is 11.8 Å². The first kappa shape index (κ1) is 12.5. The van der Waals surface area contributed by atoms with Crippen LogP contribution in [-0.4, -0.2) is 52.1 Å². The van der Waals surface area contributed by atoms with Crippen LogP contribution in [0.2, 0.25) is 0 Å². The van der Waals surface area contributed by atoms with E-state index in [0.717, 1.165) is 16.7 Å². The average Bonchev–Trinajstić information content (AvgIpc) is 2.46. The summed E-state index contributed by atoms with van der Waals surface area (Å²) in [6, 6.07) is 0.277. The number of hydrogen-bond donors (Lipinski definition) is 2. The summed E-state index contributed by atoms with van der Waals surface area (Å²) in [5.74, 6) is -0.0167. The molecule has 1 atom stereocenters. The van der Waals surface area contributed by atoms with Crippen molar-refractivity contribution in [2.24, 2.45) is 0 Å². The largest absolute Gasteiger partial charge is 0.390 e. The Bertz CT molecular complexity index is 242. The smallest absolute Gasteiger partial charge is 0.288 e. The molecule has 1 heterocycles. The van der Waals surface area contributed by atoms with Crippen molar-refractivity contribution < 1.29 is 14.7 Å². The van der Waals surface area contributed by atoms with E-state index in [9.17, 15) is 14.7 Å². The van der Waals surface area contributed by atoms with Crippen molar-refractivity contribution in [1.29, 1.82) is 0 Å². The maximum Gasteiger partial charge on any atom is 0.288 e. The molecule has 0 aromatic carbocycles. The topological polar surface area (TPSA) is 69.6 Å². The van der Waals surface area contributed by atoms with E-state index >= 15 is 0 Å². The lowest BCUT2D eigenvalue weighted by Gasteiger charge is -2.19. The summed E-state index contributed by atoms with van der Waals surface area (Å²) >= 11 is 0.986. The minimum absolute atomic E-state index is 0.0877. The molecule has 1 saturated heterocycles. The Morgan fingerprint density at radius 3 is 2.67 bits per heavy atom. The lowest BCUT2D eigenvalue weighted by molar-refractivity contribution is -0.125. The number of rotatable bonds is 5. The number of nitrogens with zero attached hydrogens (tertiary/aromatic N) is 1. The Morgan fingerprint density at radius 1 is 1.53 bits per heavy atom. The van der Waals surface area contributed by atoms with Crippen LogP contribution in [0.4, 0.5) is 4.79 Å². The molecule has 0 spiro atoms. The van der Waals surface area contributed by atoms with Crippen molar-refractivity contribution in [3.8, 4) is 0 Å². The summed E-state index contributed by atoms with van der Waals surface area (Å²) in [4.78, 5) is 23.5. The van der Waals surface area contributed by atoms with Crippen molar-refractivity contribution >= 4 is 22.9 Å². The fourth-order valence-electron chi connectivity index (χ4n) is 1.20. The molecule has 0 radical (unpaired) electrons. The van der Waals surface area contributed by atoms with E-state index in [0.29, 0.717) is 6.54 Å². The lowest BCUT2D eigenvalue weighted by atomic mass is 10.3. The fourth-order valence-corrected chi connectivity index (χ4v) is 1.94. The number of aliphatic hydroxyl groups is 1. The van der Waals surface area contributed by atoms with E-state index < -0.39 is 6.10 Å². The Kier molecular flexibility index (Phi) is 4.56. The minimum Gasteiger partial charge on any atom is -0.390 e. The molecule has 0 aliphatic carbocycles. The van der Waals surface area contributed by atoms with E-state index in [4.69, 9.17) is 0 Å². The molecule has 15 heavy (non-hydrogen) atoms. The number of imide groups is 1. The summed E-state index contributed by atoms with van der Waals surface area (Å²) in [6.45, 7) is 4.41. The number of aliphatic hydroxyl groups excluding tert-OH is 1. The van der Waals surface area contributed by atoms with Gasteiger partial charge in [0.25, 0.3) is 5.24 Å². The quantitative estimate of drug-likeness (QED) is 0.700. The fraction of sp³-hybridized carbons (Fsp3) is 0.778. The van der Waals surface area contributed by atoms with Gasteiger partial charge in [-0.05, 0) is 0 Å². The van der Waals surface area contributed by atoms with Gasteiger partial charge in [-0.25, -0.2) is 0 Å². The van der Waals surface area contributed by atoms with Crippen LogP contribution in [0.25, 0.3) is 0 Å². The predicted octanol–water partition coefficient (Wildman–Crippen LogP) is 0.0407. The standard InChI is InChI=1S/C9H16N2O3S/c1-6(2)10-3-7(12)4-11-8(13)5-15-9(11)14/h6-7,10,12H,3-5H2,1-2H3. The normalized spacial score (nSPS) is 19.1. The third-order valence-electron chi connectivity index (χ3n) is 2.00. The molecule has 0 aromatic heterocycles. The number of amides is 2. The Labute approximate surface area is 93.2 Å². The zero-order valence-electron chi connectivity index (χ0n) is 8.90. The zero-order valence-corrected chi connectivity index (χ0v) is 9.71. The molecule has 0 saturated carbocycles. The number of hydrogen-bond acceptors (Lipinski definition) is 5. The second-order valence-corrected chi connectivity index (χ2v) is 4.70. The SMILES string of the molecule is CC(C)NCC(O)CN1C(=O)CSC1=O. The van der Waals surface area contributed by atoms with Crippen LogP contribution in [0.15, 0.2) is 0 Å². The van der Waals surface area contributed by atoms with E-state index in [1.54, 1.807) is 0 Å². The first-order valence-electron chi connectivity index (χ1n) is 4.89. The summed E-state index contributed by atoms with van der Waals surface area (Å²) in [5, 5.41) is 12.4. The molecule has 1 aliphatic rings. The van der Waals surface area contributed by atoms with Crippen LogP contribution in [0.1, 0.15) is 13.8 Å². The van der Waals surface area contributed by atoms with Crippen LogP contribution in [-0.2, 0) is 4.79 Å². The molecule has 1 rings (SSSR count). The molecule has 6 heteroatoms. The van der Waals surface area contributed by atoms with Gasteiger partial charge in [-0.3, -0.25) is 14.5 Å². The third kappa shape index (κ3) is 3.81. The van der Waals surface area contributed by atoms with Gasteiger partial charge < -0.3 is 10.4 Å². The van der Waals surface area contributed by atoms with Crippen molar-refractivity contribution in [2.45, 2.75) is 26.0 Å². The Morgan fingerprint density at radius 2 is 2.20 bits per heavy atom. The molecule has 2 amide bonds. The number of carbonyl (C=O) groups excluding carboxylic acids is 2. The van der Waals surface area contributed by atoms with Gasteiger partial charge in [-0.2, -0.15) is 0 Å². The average molecular weight is 232 g/mol. The molecule has 0 aromatic rings. The van der Waals surface area contributed by atoms with E-state index in [-0.39, 0.29) is 29.5 Å². The monoisotopic (exact) mass is 232 g/mol. The van der Waals surface area contributed by atoms with Gasteiger partial charge in [-0.1, -0.05) is 25.6 Å². The van der Waals surface area contributed by atoms with Crippen molar-refractivity contribution in [3.63, 3.8) is 0 Å². The third-order valence-corrected chi connectivity index (χ3v) is 2.85. The lowest BCUT2D eigenvalue weighted by Crippen LogP contribution is -2.42. The van der Waals surface area contributed by atoms with Gasteiger partial charge in [-0.15, -0.1) is 0 Å². The molecule has 1 unspecified atom stereocenters. The Hall–Kier alpha value is -0.590. The maximum atomic E-state index is 11.2. The van der Waals surface area contributed by atoms with Gasteiger partial charge in [0, 0.05) is 12.6 Å². The van der Waals surface area contributed by atoms with Crippen molar-refractivity contribution in [1.82, 2.24) is 10.2 Å². The predicted molar refractivity (Wildman–Crippen MR) is 58.7 cm³/mol. The second kappa shape index (κ2) is 5.48. The highest BCUT2D eigenvalue weighted by Crippen LogP contribution is 2.18. The molecule has 1 aliphatic heterocycles. The van der Waals surface area contributed by atoms with E-state index in [1.165, 1.54) is 0 Å². The van der Waals surface area contributed by atoms with Gasteiger partial charge in [0.1, 0.15) is 0 Å². The molecule has 1 fully saturated rings. The second-order valence-electron chi connectivity index (χ2n) is 3.78.